The van der Waals surface area contributed by atoms with Crippen molar-refractivity contribution >= 4 is 29.9 Å². The second-order valence-electron chi connectivity index (χ2n) is 8.48. The summed E-state index contributed by atoms with van der Waals surface area (Å²) < 4.78 is 11.8. The molecule has 0 amide bonds. The summed E-state index contributed by atoms with van der Waals surface area (Å²) in [5, 5.41) is 6.72. The molecule has 1 aromatic carbocycles. The maximum absolute atomic E-state index is 6.10. The molecule has 176 valence electrons. The summed E-state index contributed by atoms with van der Waals surface area (Å²) in [5.41, 5.74) is 1.40. The zero-order chi connectivity index (χ0) is 20.9. The molecule has 3 rings (SSSR count). The standard InChI is InChI=1S/C24H40N4O2.HI/c1-25-24(26-13-5-17-29-20-22-9-10-22)27-14-6-18-30-23-11-15-28(16-12-23)19-21-7-3-2-4-8-21;/h2-4,7-8,22-23H,5-6,9-20H2,1H3,(H2,25,26,27);1H. The van der Waals surface area contributed by atoms with E-state index in [-0.39, 0.29) is 24.0 Å². The van der Waals surface area contributed by atoms with Gasteiger partial charge in [0.05, 0.1) is 6.10 Å². The van der Waals surface area contributed by atoms with Crippen LogP contribution in [0, 0.1) is 5.92 Å². The fourth-order valence-electron chi connectivity index (χ4n) is 3.74. The summed E-state index contributed by atoms with van der Waals surface area (Å²) in [7, 11) is 1.82. The molecule has 2 N–H and O–H groups in total. The molecule has 7 heteroatoms. The fraction of sp³-hybridized carbons (Fsp3) is 0.708. The van der Waals surface area contributed by atoms with Crippen LogP contribution in [0.2, 0.25) is 0 Å². The van der Waals surface area contributed by atoms with E-state index in [1.54, 1.807) is 0 Å². The molecule has 0 bridgehead atoms. The second kappa shape index (κ2) is 15.8. The smallest absolute Gasteiger partial charge is 0.190 e. The number of likely N-dealkylation sites (tertiary alicyclic amines) is 1. The van der Waals surface area contributed by atoms with E-state index in [4.69, 9.17) is 9.47 Å². The molecule has 1 aliphatic carbocycles. The average Bonchev–Trinajstić information content (AvgIpc) is 3.61. The van der Waals surface area contributed by atoms with Gasteiger partial charge >= 0.3 is 0 Å². The average molecular weight is 545 g/mol. The monoisotopic (exact) mass is 544 g/mol. The third-order valence-corrected chi connectivity index (χ3v) is 5.78. The zero-order valence-electron chi connectivity index (χ0n) is 19.1. The van der Waals surface area contributed by atoms with Crippen LogP contribution in [-0.4, -0.2) is 70.0 Å². The topological polar surface area (TPSA) is 58.1 Å². The van der Waals surface area contributed by atoms with E-state index in [0.29, 0.717) is 6.10 Å². The molecule has 0 atom stereocenters. The largest absolute Gasteiger partial charge is 0.381 e. The maximum atomic E-state index is 6.10. The predicted octanol–water partition coefficient (Wildman–Crippen LogP) is 3.66. The third kappa shape index (κ3) is 11.5. The highest BCUT2D eigenvalue weighted by Crippen LogP contribution is 2.28. The van der Waals surface area contributed by atoms with Crippen molar-refractivity contribution in [3.8, 4) is 0 Å². The Balaban J connectivity index is 0.00000341. The first kappa shape index (κ1) is 26.4. The lowest BCUT2D eigenvalue weighted by molar-refractivity contribution is 0.00534. The molecule has 2 fully saturated rings. The van der Waals surface area contributed by atoms with Gasteiger partial charge in [0.1, 0.15) is 0 Å². The number of benzene rings is 1. The first-order valence-electron chi connectivity index (χ1n) is 11.7. The van der Waals surface area contributed by atoms with Crippen molar-refractivity contribution in [3.05, 3.63) is 35.9 Å². The molecular formula is C24H41IN4O2. The number of rotatable bonds is 13. The van der Waals surface area contributed by atoms with Crippen molar-refractivity contribution in [1.82, 2.24) is 15.5 Å². The van der Waals surface area contributed by atoms with Crippen molar-refractivity contribution in [2.45, 2.75) is 51.2 Å². The number of guanidine groups is 1. The Morgan fingerprint density at radius 2 is 1.68 bits per heavy atom. The molecule has 0 aromatic heterocycles. The van der Waals surface area contributed by atoms with Crippen LogP contribution in [0.5, 0.6) is 0 Å². The van der Waals surface area contributed by atoms with E-state index in [1.807, 2.05) is 7.05 Å². The minimum atomic E-state index is 0. The van der Waals surface area contributed by atoms with E-state index in [2.05, 4.69) is 50.9 Å². The van der Waals surface area contributed by atoms with Gasteiger partial charge in [0.15, 0.2) is 5.96 Å². The molecule has 2 aliphatic rings. The van der Waals surface area contributed by atoms with Gasteiger partial charge in [0.25, 0.3) is 0 Å². The second-order valence-corrected chi connectivity index (χ2v) is 8.48. The van der Waals surface area contributed by atoms with Crippen molar-refractivity contribution in [3.63, 3.8) is 0 Å². The highest BCUT2D eigenvalue weighted by molar-refractivity contribution is 14.0. The van der Waals surface area contributed by atoms with Crippen LogP contribution in [-0.2, 0) is 16.0 Å². The zero-order valence-corrected chi connectivity index (χ0v) is 21.4. The van der Waals surface area contributed by atoms with Crippen LogP contribution in [0.3, 0.4) is 0 Å². The molecule has 0 spiro atoms. The first-order valence-corrected chi connectivity index (χ1v) is 11.7. The normalized spacial score (nSPS) is 17.9. The Bertz CT molecular complexity index is 605. The van der Waals surface area contributed by atoms with E-state index >= 15 is 0 Å². The van der Waals surface area contributed by atoms with Gasteiger partial charge in [-0.2, -0.15) is 0 Å². The summed E-state index contributed by atoms with van der Waals surface area (Å²) in [6, 6.07) is 10.7. The maximum Gasteiger partial charge on any atom is 0.190 e. The highest BCUT2D eigenvalue weighted by Gasteiger charge is 2.21. The Morgan fingerprint density at radius 1 is 1.00 bits per heavy atom. The summed E-state index contributed by atoms with van der Waals surface area (Å²) in [4.78, 5) is 6.81. The summed E-state index contributed by atoms with van der Waals surface area (Å²) in [5.74, 6) is 1.71. The molecule has 31 heavy (non-hydrogen) atoms. The van der Waals surface area contributed by atoms with Gasteiger partial charge in [-0.3, -0.25) is 9.89 Å². The van der Waals surface area contributed by atoms with Gasteiger partial charge in [0, 0.05) is 59.6 Å². The lowest BCUT2D eigenvalue weighted by atomic mass is 10.1. The van der Waals surface area contributed by atoms with Crippen molar-refractivity contribution < 1.29 is 9.47 Å². The summed E-state index contributed by atoms with van der Waals surface area (Å²) in [6.45, 7) is 7.65. The quantitative estimate of drug-likeness (QED) is 0.172. The number of nitrogens with zero attached hydrogens (tertiary/aromatic N) is 2. The van der Waals surface area contributed by atoms with Crippen LogP contribution in [0.15, 0.2) is 35.3 Å². The Hall–Kier alpha value is -0.900. The Morgan fingerprint density at radius 3 is 2.32 bits per heavy atom. The minimum Gasteiger partial charge on any atom is -0.381 e. The summed E-state index contributed by atoms with van der Waals surface area (Å²) >= 11 is 0. The number of nitrogens with one attached hydrogen (secondary N) is 2. The number of hydrogen-bond acceptors (Lipinski definition) is 4. The van der Waals surface area contributed by atoms with Gasteiger partial charge in [-0.25, -0.2) is 0 Å². The molecule has 1 aliphatic heterocycles. The van der Waals surface area contributed by atoms with Crippen LogP contribution in [0.1, 0.15) is 44.1 Å². The molecule has 6 nitrogen and oxygen atoms in total. The van der Waals surface area contributed by atoms with Gasteiger partial charge in [-0.1, -0.05) is 30.3 Å². The first-order chi connectivity index (χ1) is 14.8. The number of hydrogen-bond donors (Lipinski definition) is 2. The van der Waals surface area contributed by atoms with E-state index in [0.717, 1.165) is 90.1 Å². The van der Waals surface area contributed by atoms with Crippen LogP contribution in [0.25, 0.3) is 0 Å². The van der Waals surface area contributed by atoms with Crippen LogP contribution in [0.4, 0.5) is 0 Å². The van der Waals surface area contributed by atoms with E-state index in [9.17, 15) is 0 Å². The number of aliphatic imine (C=N–C) groups is 1. The van der Waals surface area contributed by atoms with Crippen LogP contribution < -0.4 is 10.6 Å². The third-order valence-electron chi connectivity index (χ3n) is 5.78. The van der Waals surface area contributed by atoms with Crippen molar-refractivity contribution in [2.24, 2.45) is 10.9 Å². The SMILES string of the molecule is CN=C(NCCCOCC1CC1)NCCCOC1CCN(Cc2ccccc2)CC1.I. The van der Waals surface area contributed by atoms with E-state index < -0.39 is 0 Å². The van der Waals surface area contributed by atoms with Gasteiger partial charge in [0.2, 0.25) is 0 Å². The molecule has 1 saturated heterocycles. The van der Waals surface area contributed by atoms with Crippen molar-refractivity contribution in [2.75, 3.05) is 53.0 Å². The fourth-order valence-corrected chi connectivity index (χ4v) is 3.74. The lowest BCUT2D eigenvalue weighted by Crippen LogP contribution is -2.39. The lowest BCUT2D eigenvalue weighted by Gasteiger charge is -2.32. The number of halogens is 1. The minimum absolute atomic E-state index is 0. The predicted molar refractivity (Wildman–Crippen MR) is 138 cm³/mol. The molecule has 0 unspecified atom stereocenters. The van der Waals surface area contributed by atoms with Crippen molar-refractivity contribution in [1.29, 1.82) is 0 Å². The molecular weight excluding hydrogens is 503 g/mol. The van der Waals surface area contributed by atoms with Gasteiger partial charge in [-0.15, -0.1) is 24.0 Å². The summed E-state index contributed by atoms with van der Waals surface area (Å²) in [6.07, 6.45) is 7.39. The Kier molecular flexibility index (Phi) is 13.5. The highest BCUT2D eigenvalue weighted by atomic mass is 127. The van der Waals surface area contributed by atoms with Crippen LogP contribution >= 0.6 is 24.0 Å². The Labute approximate surface area is 205 Å². The molecule has 0 radical (unpaired) electrons. The number of ether oxygens (including phenoxy) is 2. The molecule has 1 aromatic rings. The number of piperidine rings is 1. The van der Waals surface area contributed by atoms with Gasteiger partial charge < -0.3 is 20.1 Å². The molecule has 1 heterocycles. The van der Waals surface area contributed by atoms with E-state index in [1.165, 1.54) is 18.4 Å². The molecule has 1 saturated carbocycles. The van der Waals surface area contributed by atoms with Gasteiger partial charge in [-0.05, 0) is 50.0 Å².